The molecule has 0 fully saturated rings. The number of benzene rings is 2. The minimum atomic E-state index is -4.56. The SMILES string of the molecule is Cc1cc(C(=O)/C(C#N)=C2/C(=O)Nc3ccc([N+](=O)[O-])cc32)c(C)n1-c1cccc(C(F)(F)F)c1. The molecule has 0 spiro atoms. The smallest absolute Gasteiger partial charge is 0.321 e. The molecule has 1 amide bonds. The average Bonchev–Trinajstić information content (AvgIpc) is 3.28. The summed E-state index contributed by atoms with van der Waals surface area (Å²) in [4.78, 5) is 36.5. The van der Waals surface area contributed by atoms with Gasteiger partial charge in [-0.1, -0.05) is 6.07 Å². The van der Waals surface area contributed by atoms with Crippen LogP contribution >= 0.6 is 0 Å². The minimum Gasteiger partial charge on any atom is -0.321 e. The van der Waals surface area contributed by atoms with Crippen LogP contribution < -0.4 is 5.32 Å². The van der Waals surface area contributed by atoms with Gasteiger partial charge in [0.05, 0.1) is 16.1 Å². The number of fused-ring (bicyclic) bond motifs is 1. The highest BCUT2D eigenvalue weighted by Crippen LogP contribution is 2.38. The Hall–Kier alpha value is -4.72. The Balaban J connectivity index is 1.85. The van der Waals surface area contributed by atoms with Crippen molar-refractivity contribution in [2.24, 2.45) is 0 Å². The Kier molecular flexibility index (Phi) is 5.52. The van der Waals surface area contributed by atoms with E-state index in [0.717, 1.165) is 18.2 Å². The summed E-state index contributed by atoms with van der Waals surface area (Å²) in [6, 6.07) is 11.3. The second kappa shape index (κ2) is 8.25. The van der Waals surface area contributed by atoms with Crippen LogP contribution in [-0.2, 0) is 11.0 Å². The van der Waals surface area contributed by atoms with Crippen LogP contribution in [0, 0.1) is 35.3 Å². The lowest BCUT2D eigenvalue weighted by Gasteiger charge is -2.13. The van der Waals surface area contributed by atoms with Gasteiger partial charge in [-0.15, -0.1) is 0 Å². The third-order valence-electron chi connectivity index (χ3n) is 5.65. The van der Waals surface area contributed by atoms with Gasteiger partial charge in [0.1, 0.15) is 11.6 Å². The fourth-order valence-corrected chi connectivity index (χ4v) is 4.08. The second-order valence-electron chi connectivity index (χ2n) is 7.80. The highest BCUT2D eigenvalue weighted by atomic mass is 19.4. The summed E-state index contributed by atoms with van der Waals surface area (Å²) in [5.41, 5.74) is -0.911. The molecule has 176 valence electrons. The zero-order valence-electron chi connectivity index (χ0n) is 18.2. The maximum absolute atomic E-state index is 13.4. The van der Waals surface area contributed by atoms with Crippen molar-refractivity contribution in [1.82, 2.24) is 4.57 Å². The lowest BCUT2D eigenvalue weighted by Crippen LogP contribution is -2.12. The summed E-state index contributed by atoms with van der Waals surface area (Å²) >= 11 is 0. The number of nitro groups is 1. The number of nitrogens with one attached hydrogen (secondary N) is 1. The van der Waals surface area contributed by atoms with Crippen molar-refractivity contribution in [2.45, 2.75) is 20.0 Å². The van der Waals surface area contributed by atoms with Crippen LogP contribution in [0.3, 0.4) is 0 Å². The van der Waals surface area contributed by atoms with Crippen molar-refractivity contribution in [2.75, 3.05) is 5.32 Å². The Bertz CT molecular complexity index is 1510. The van der Waals surface area contributed by atoms with Gasteiger partial charge in [-0.2, -0.15) is 18.4 Å². The lowest BCUT2D eigenvalue weighted by molar-refractivity contribution is -0.384. The number of halogens is 3. The van der Waals surface area contributed by atoms with E-state index in [1.54, 1.807) is 13.0 Å². The van der Waals surface area contributed by atoms with Gasteiger partial charge in [0, 0.05) is 46.0 Å². The van der Waals surface area contributed by atoms with Crippen molar-refractivity contribution < 1.29 is 27.7 Å². The molecule has 35 heavy (non-hydrogen) atoms. The molecule has 11 heteroatoms. The Morgan fingerprint density at radius 3 is 2.49 bits per heavy atom. The van der Waals surface area contributed by atoms with Gasteiger partial charge in [0.25, 0.3) is 11.6 Å². The van der Waals surface area contributed by atoms with Crippen LogP contribution in [0.4, 0.5) is 24.5 Å². The number of nitrogens with zero attached hydrogens (tertiary/aromatic N) is 3. The number of aromatic nitrogens is 1. The fourth-order valence-electron chi connectivity index (χ4n) is 4.08. The van der Waals surface area contributed by atoms with E-state index < -0.39 is 33.9 Å². The number of nitriles is 1. The number of hydrogen-bond donors (Lipinski definition) is 1. The second-order valence-corrected chi connectivity index (χ2v) is 7.80. The van der Waals surface area contributed by atoms with Crippen LogP contribution in [0.15, 0.2) is 54.1 Å². The first-order valence-corrected chi connectivity index (χ1v) is 10.1. The first-order valence-electron chi connectivity index (χ1n) is 10.1. The molecular formula is C24H15F3N4O4. The van der Waals surface area contributed by atoms with Gasteiger partial charge in [0.15, 0.2) is 0 Å². The molecule has 1 N–H and O–H groups in total. The highest BCUT2D eigenvalue weighted by Gasteiger charge is 2.34. The molecule has 0 saturated heterocycles. The molecule has 0 saturated carbocycles. The van der Waals surface area contributed by atoms with Gasteiger partial charge < -0.3 is 9.88 Å². The minimum absolute atomic E-state index is 0.00985. The predicted octanol–water partition coefficient (Wildman–Crippen LogP) is 5.13. The monoisotopic (exact) mass is 480 g/mol. The Labute approximate surface area is 196 Å². The van der Waals surface area contributed by atoms with Crippen LogP contribution in [0.2, 0.25) is 0 Å². The standard InChI is InChI=1S/C24H15F3N4O4/c1-12-8-17(13(2)30(12)15-5-3-4-14(9-15)24(25,26)27)22(32)19(11-28)21-18-10-16(31(34)35)6-7-20(18)29-23(21)33/h3-10H,1-2H3,(H,29,33)/b21-19+. The number of aryl methyl sites for hydroxylation is 1. The zero-order chi connectivity index (χ0) is 25.7. The fraction of sp³-hybridized carbons (Fsp3) is 0.125. The zero-order valence-corrected chi connectivity index (χ0v) is 18.2. The number of anilines is 1. The molecule has 4 rings (SSSR count). The summed E-state index contributed by atoms with van der Waals surface area (Å²) in [5.74, 6) is -1.60. The molecule has 0 bridgehead atoms. The van der Waals surface area contributed by atoms with E-state index in [9.17, 15) is 38.1 Å². The van der Waals surface area contributed by atoms with E-state index in [1.807, 2.05) is 0 Å². The molecular weight excluding hydrogens is 465 g/mol. The molecule has 0 radical (unpaired) electrons. The summed E-state index contributed by atoms with van der Waals surface area (Å²) < 4.78 is 41.0. The molecule has 2 heterocycles. The van der Waals surface area contributed by atoms with E-state index in [2.05, 4.69) is 5.32 Å². The van der Waals surface area contributed by atoms with Crippen molar-refractivity contribution in [3.05, 3.63) is 92.3 Å². The summed E-state index contributed by atoms with van der Waals surface area (Å²) in [6.45, 7) is 3.10. The maximum atomic E-state index is 13.4. The third-order valence-corrected chi connectivity index (χ3v) is 5.65. The van der Waals surface area contributed by atoms with Gasteiger partial charge in [-0.05, 0) is 44.2 Å². The quantitative estimate of drug-likeness (QED) is 0.183. The first kappa shape index (κ1) is 23.4. The Morgan fingerprint density at radius 1 is 1.14 bits per heavy atom. The normalized spacial score (nSPS) is 14.2. The number of ketones is 1. The number of amides is 1. The van der Waals surface area contributed by atoms with Gasteiger partial charge in [-0.25, -0.2) is 0 Å². The molecule has 8 nitrogen and oxygen atoms in total. The number of non-ortho nitro benzene ring substituents is 1. The number of alkyl halides is 3. The van der Waals surface area contributed by atoms with E-state index in [0.29, 0.717) is 5.69 Å². The molecule has 1 aliphatic rings. The molecule has 3 aromatic rings. The summed E-state index contributed by atoms with van der Waals surface area (Å²) in [5, 5.41) is 23.4. The molecule has 0 atom stereocenters. The van der Waals surface area contributed by atoms with Gasteiger partial charge >= 0.3 is 6.18 Å². The molecule has 0 unspecified atom stereocenters. The van der Waals surface area contributed by atoms with E-state index >= 15 is 0 Å². The van der Waals surface area contributed by atoms with Crippen molar-refractivity contribution in [3.63, 3.8) is 0 Å². The number of hydrogen-bond acceptors (Lipinski definition) is 5. The highest BCUT2D eigenvalue weighted by molar-refractivity contribution is 6.38. The summed E-state index contributed by atoms with van der Waals surface area (Å²) in [6.07, 6.45) is -4.56. The van der Waals surface area contributed by atoms with Crippen molar-refractivity contribution in [1.29, 1.82) is 5.26 Å². The van der Waals surface area contributed by atoms with Crippen molar-refractivity contribution >= 4 is 28.6 Å². The van der Waals surface area contributed by atoms with Crippen LogP contribution in [0.5, 0.6) is 0 Å². The van der Waals surface area contributed by atoms with Crippen molar-refractivity contribution in [3.8, 4) is 11.8 Å². The molecule has 2 aromatic carbocycles. The van der Waals surface area contributed by atoms with Gasteiger partial charge in [0.2, 0.25) is 5.78 Å². The van der Waals surface area contributed by atoms with E-state index in [-0.39, 0.29) is 39.5 Å². The van der Waals surface area contributed by atoms with Crippen LogP contribution in [0.25, 0.3) is 11.3 Å². The number of rotatable bonds is 4. The number of allylic oxidation sites excluding steroid dienone is 1. The number of carbonyl (C=O) groups excluding carboxylic acids is 2. The van der Waals surface area contributed by atoms with Crippen LogP contribution in [0.1, 0.15) is 32.9 Å². The Morgan fingerprint density at radius 2 is 1.86 bits per heavy atom. The third kappa shape index (κ3) is 3.95. The molecule has 1 aromatic heterocycles. The maximum Gasteiger partial charge on any atom is 0.416 e. The average molecular weight is 480 g/mol. The van der Waals surface area contributed by atoms with Crippen LogP contribution in [-0.4, -0.2) is 21.2 Å². The van der Waals surface area contributed by atoms with E-state index in [1.165, 1.54) is 41.8 Å². The van der Waals surface area contributed by atoms with E-state index in [4.69, 9.17) is 0 Å². The van der Waals surface area contributed by atoms with Gasteiger partial charge in [-0.3, -0.25) is 19.7 Å². The topological polar surface area (TPSA) is 118 Å². The molecule has 0 aliphatic carbocycles. The largest absolute Gasteiger partial charge is 0.416 e. The summed E-state index contributed by atoms with van der Waals surface area (Å²) in [7, 11) is 0. The lowest BCUT2D eigenvalue weighted by atomic mass is 9.95. The molecule has 1 aliphatic heterocycles. The first-order chi connectivity index (χ1) is 16.4. The number of carbonyl (C=O) groups is 2. The number of nitro benzene ring substituents is 1. The predicted molar refractivity (Wildman–Crippen MR) is 119 cm³/mol. The number of Topliss-reactive ketones (excluding diaryl/α,β-unsaturated/α-hetero) is 1.